The van der Waals surface area contributed by atoms with Gasteiger partial charge in [-0.25, -0.2) is 0 Å². The van der Waals surface area contributed by atoms with Crippen LogP contribution in [0.4, 0.5) is 0 Å². The molecule has 0 bridgehead atoms. The fourth-order valence-electron chi connectivity index (χ4n) is 9.89. The van der Waals surface area contributed by atoms with Crippen molar-refractivity contribution in [1.82, 2.24) is 13.7 Å². The van der Waals surface area contributed by atoms with Crippen LogP contribution in [0.3, 0.4) is 0 Å². The number of allylic oxidation sites excluding steroid dienone is 4. The number of rotatable bonds is 8. The number of hydrogen-bond acceptors (Lipinski definition) is 0. The smallest absolute Gasteiger partial charge is 0.0541 e. The van der Waals surface area contributed by atoms with Gasteiger partial charge in [-0.05, 0) is 130 Å². The van der Waals surface area contributed by atoms with Crippen LogP contribution >= 0.6 is 0 Å². The molecule has 0 unspecified atom stereocenters. The minimum absolute atomic E-state index is 1.04. The van der Waals surface area contributed by atoms with E-state index in [-0.39, 0.29) is 0 Å². The van der Waals surface area contributed by atoms with Crippen molar-refractivity contribution in [2.24, 2.45) is 0 Å². The molecule has 9 aromatic carbocycles. The van der Waals surface area contributed by atoms with E-state index >= 15 is 0 Å². The molecule has 296 valence electrons. The number of hydrogen-bond donors (Lipinski definition) is 0. The molecule has 0 amide bonds. The highest BCUT2D eigenvalue weighted by molar-refractivity contribution is 6.14. The fourth-order valence-corrected chi connectivity index (χ4v) is 9.89. The zero-order valence-electron chi connectivity index (χ0n) is 34.6. The SMILES string of the molecule is C=C/C=C(\C=C)c1ccc(-n2c3ccc(-c4ccc5c(c4)c4ccccc4n5-c4ccccc4)cc3c3cc(-c4ccc5c(c4)c4ccccc4n5-c4ccccc4)ccc32)cc1. The van der Waals surface area contributed by atoms with Crippen LogP contribution in [0.2, 0.25) is 0 Å². The summed E-state index contributed by atoms with van der Waals surface area (Å²) >= 11 is 0. The van der Waals surface area contributed by atoms with E-state index < -0.39 is 0 Å². The second-order valence-electron chi connectivity index (χ2n) is 16.2. The number of fused-ring (bicyclic) bond motifs is 9. The molecule has 0 spiro atoms. The molecule has 3 nitrogen and oxygen atoms in total. The summed E-state index contributed by atoms with van der Waals surface area (Å²) in [6.45, 7) is 7.96. The van der Waals surface area contributed by atoms with Gasteiger partial charge in [-0.15, -0.1) is 0 Å². The summed E-state index contributed by atoms with van der Waals surface area (Å²) in [5, 5.41) is 7.39. The maximum absolute atomic E-state index is 4.05. The highest BCUT2D eigenvalue weighted by Crippen LogP contribution is 2.41. The Balaban J connectivity index is 1.05. The summed E-state index contributed by atoms with van der Waals surface area (Å²) in [7, 11) is 0. The van der Waals surface area contributed by atoms with Crippen molar-refractivity contribution in [2.75, 3.05) is 0 Å². The molecule has 0 saturated carbocycles. The molecule has 3 heterocycles. The first-order chi connectivity index (χ1) is 31.2. The van der Waals surface area contributed by atoms with Crippen LogP contribution in [0.5, 0.6) is 0 Å². The molecule has 0 fully saturated rings. The average Bonchev–Trinajstić information content (AvgIpc) is 3.98. The Morgan fingerprint density at radius 2 is 0.651 bits per heavy atom. The Morgan fingerprint density at radius 3 is 1.03 bits per heavy atom. The lowest BCUT2D eigenvalue weighted by molar-refractivity contribution is 1.18. The summed E-state index contributed by atoms with van der Waals surface area (Å²) in [4.78, 5) is 0. The largest absolute Gasteiger partial charge is 0.309 e. The van der Waals surface area contributed by atoms with Gasteiger partial charge in [0.1, 0.15) is 0 Å². The summed E-state index contributed by atoms with van der Waals surface area (Å²) in [5.74, 6) is 0. The van der Waals surface area contributed by atoms with Crippen molar-refractivity contribution in [1.29, 1.82) is 0 Å². The molecule has 12 aromatic rings. The van der Waals surface area contributed by atoms with E-state index in [0.29, 0.717) is 0 Å². The van der Waals surface area contributed by atoms with E-state index in [2.05, 4.69) is 233 Å². The van der Waals surface area contributed by atoms with Gasteiger partial charge in [0, 0.05) is 49.4 Å². The van der Waals surface area contributed by atoms with Gasteiger partial charge in [0.25, 0.3) is 0 Å². The predicted molar refractivity (Wildman–Crippen MR) is 269 cm³/mol. The summed E-state index contributed by atoms with van der Waals surface area (Å²) in [6.07, 6.45) is 5.69. The molecule has 0 aliphatic heterocycles. The molecule has 0 aliphatic rings. The Labute approximate surface area is 365 Å². The van der Waals surface area contributed by atoms with Crippen LogP contribution < -0.4 is 0 Å². The van der Waals surface area contributed by atoms with Gasteiger partial charge in [0.05, 0.1) is 33.1 Å². The number of nitrogens with zero attached hydrogens (tertiary/aromatic N) is 3. The van der Waals surface area contributed by atoms with Crippen molar-refractivity contribution in [3.63, 3.8) is 0 Å². The second kappa shape index (κ2) is 14.7. The monoisotopic (exact) mass is 803 g/mol. The van der Waals surface area contributed by atoms with Crippen molar-refractivity contribution in [2.45, 2.75) is 0 Å². The lowest BCUT2D eigenvalue weighted by Crippen LogP contribution is -1.94. The molecule has 0 radical (unpaired) electrons. The predicted octanol–water partition coefficient (Wildman–Crippen LogP) is 16.1. The Morgan fingerprint density at radius 1 is 0.317 bits per heavy atom. The molecule has 0 saturated heterocycles. The van der Waals surface area contributed by atoms with Gasteiger partial charge in [0.2, 0.25) is 0 Å². The Kier molecular flexibility index (Phi) is 8.48. The highest BCUT2D eigenvalue weighted by atomic mass is 15.0. The molecule has 0 aliphatic carbocycles. The van der Waals surface area contributed by atoms with Crippen LogP contribution in [-0.4, -0.2) is 13.7 Å². The van der Waals surface area contributed by atoms with E-state index in [1.165, 1.54) is 76.6 Å². The maximum atomic E-state index is 4.05. The van der Waals surface area contributed by atoms with E-state index in [4.69, 9.17) is 0 Å². The molecule has 0 N–H and O–H groups in total. The van der Waals surface area contributed by atoms with Gasteiger partial charge in [-0.1, -0.05) is 141 Å². The summed E-state index contributed by atoms with van der Waals surface area (Å²) < 4.78 is 7.15. The van der Waals surface area contributed by atoms with Crippen LogP contribution in [0.25, 0.3) is 110 Å². The first-order valence-electron chi connectivity index (χ1n) is 21.5. The highest BCUT2D eigenvalue weighted by Gasteiger charge is 2.18. The molecule has 63 heavy (non-hydrogen) atoms. The van der Waals surface area contributed by atoms with Crippen LogP contribution in [-0.2, 0) is 0 Å². The lowest BCUT2D eigenvalue weighted by Gasteiger charge is -2.11. The van der Waals surface area contributed by atoms with Gasteiger partial charge >= 0.3 is 0 Å². The summed E-state index contributed by atoms with van der Waals surface area (Å²) in [5.41, 5.74) is 17.4. The zero-order chi connectivity index (χ0) is 42.0. The number of benzene rings is 9. The second-order valence-corrected chi connectivity index (χ2v) is 16.2. The summed E-state index contributed by atoms with van der Waals surface area (Å²) in [6, 6.07) is 75.4. The quantitative estimate of drug-likeness (QED) is 0.136. The third kappa shape index (κ3) is 5.82. The topological polar surface area (TPSA) is 14.8 Å². The van der Waals surface area contributed by atoms with Gasteiger partial charge in [-0.2, -0.15) is 0 Å². The zero-order valence-corrected chi connectivity index (χ0v) is 34.6. The van der Waals surface area contributed by atoms with Crippen molar-refractivity contribution in [3.8, 4) is 39.3 Å². The average molecular weight is 804 g/mol. The molecular weight excluding hydrogens is 763 g/mol. The van der Waals surface area contributed by atoms with E-state index in [0.717, 1.165) is 39.2 Å². The molecular formula is C60H41N3. The fraction of sp³-hybridized carbons (Fsp3) is 0. The maximum Gasteiger partial charge on any atom is 0.0541 e. The van der Waals surface area contributed by atoms with E-state index in [1.807, 2.05) is 18.2 Å². The molecule has 3 aromatic heterocycles. The first kappa shape index (κ1) is 36.5. The minimum atomic E-state index is 1.04. The molecule has 12 rings (SSSR count). The third-order valence-corrected chi connectivity index (χ3v) is 12.8. The minimum Gasteiger partial charge on any atom is -0.309 e. The Hall–Kier alpha value is -8.40. The van der Waals surface area contributed by atoms with Crippen molar-refractivity contribution in [3.05, 3.63) is 243 Å². The van der Waals surface area contributed by atoms with Gasteiger partial charge in [0.15, 0.2) is 0 Å². The van der Waals surface area contributed by atoms with Gasteiger partial charge in [-0.3, -0.25) is 0 Å². The number of aromatic nitrogens is 3. The van der Waals surface area contributed by atoms with E-state index in [1.54, 1.807) is 0 Å². The normalized spacial score (nSPS) is 12.0. The first-order valence-corrected chi connectivity index (χ1v) is 21.5. The van der Waals surface area contributed by atoms with Crippen molar-refractivity contribution < 1.29 is 0 Å². The van der Waals surface area contributed by atoms with Crippen LogP contribution in [0, 0.1) is 0 Å². The Bertz CT molecular complexity index is 3590. The van der Waals surface area contributed by atoms with Gasteiger partial charge < -0.3 is 13.7 Å². The van der Waals surface area contributed by atoms with E-state index in [9.17, 15) is 0 Å². The third-order valence-electron chi connectivity index (χ3n) is 12.8. The molecule has 3 heteroatoms. The molecule has 0 atom stereocenters. The van der Waals surface area contributed by atoms with Crippen LogP contribution in [0.15, 0.2) is 238 Å². The lowest BCUT2D eigenvalue weighted by atomic mass is 9.98. The number of para-hydroxylation sites is 4. The van der Waals surface area contributed by atoms with Crippen molar-refractivity contribution >= 4 is 71.0 Å². The van der Waals surface area contributed by atoms with Crippen LogP contribution in [0.1, 0.15) is 5.56 Å². The standard InChI is InChI=1S/C60H41N3/c1-3-15-40(4-2)41-24-30-48(31-25-41)63-59-34-28-44(42-26-32-57-51(36-42)49-20-11-13-22-55(49)61(57)46-16-7-5-8-17-46)38-53(59)54-39-45(29-35-60(54)63)43-27-33-58-52(37-43)50-21-12-14-23-56(50)62(58)47-18-9-6-10-19-47/h3-39H,1-2H2/b40-15+.